The average molecular weight is 321 g/mol. The Kier molecular flexibility index (Phi) is 6.04. The van der Waals surface area contributed by atoms with Crippen molar-refractivity contribution in [3.63, 3.8) is 0 Å². The van der Waals surface area contributed by atoms with Crippen LogP contribution in [0.3, 0.4) is 0 Å². The van der Waals surface area contributed by atoms with Crippen LogP contribution in [0.5, 0.6) is 0 Å². The van der Waals surface area contributed by atoms with Crippen LogP contribution in [0, 0.1) is 13.8 Å². The van der Waals surface area contributed by atoms with E-state index in [0.717, 1.165) is 44.0 Å². The highest BCUT2D eigenvalue weighted by atomic mass is 16.2. The number of likely N-dealkylation sites (tertiary alicyclic amines) is 1. The Labute approximate surface area is 139 Å². The summed E-state index contributed by atoms with van der Waals surface area (Å²) in [7, 11) is 0. The maximum atomic E-state index is 12.4. The standard InChI is InChI=1S/C17H31N5O/c1-6-20(7-2)16-8-9-21(12-16)17(23)18-14(4)11-22-15(5)10-13(3)19-22/h10,14,16H,6-9,11-12H2,1-5H3,(H,18,23). The Morgan fingerprint density at radius 3 is 2.70 bits per heavy atom. The van der Waals surface area contributed by atoms with Crippen LogP contribution in [0.1, 0.15) is 38.6 Å². The van der Waals surface area contributed by atoms with Crippen molar-refractivity contribution in [3.05, 3.63) is 17.5 Å². The number of hydrogen-bond acceptors (Lipinski definition) is 3. The zero-order valence-electron chi connectivity index (χ0n) is 15.2. The van der Waals surface area contributed by atoms with Crippen molar-refractivity contribution < 1.29 is 4.79 Å². The lowest BCUT2D eigenvalue weighted by atomic mass is 10.2. The van der Waals surface area contributed by atoms with E-state index in [-0.39, 0.29) is 12.1 Å². The minimum Gasteiger partial charge on any atom is -0.334 e. The van der Waals surface area contributed by atoms with Crippen LogP contribution in [-0.2, 0) is 6.54 Å². The molecule has 1 aliphatic heterocycles. The number of rotatable bonds is 6. The average Bonchev–Trinajstić information content (AvgIpc) is 3.08. The molecule has 2 atom stereocenters. The van der Waals surface area contributed by atoms with Crippen LogP contribution >= 0.6 is 0 Å². The van der Waals surface area contributed by atoms with Gasteiger partial charge in [-0.1, -0.05) is 13.8 Å². The van der Waals surface area contributed by atoms with E-state index in [9.17, 15) is 4.79 Å². The third-order valence-electron chi connectivity index (χ3n) is 4.70. The van der Waals surface area contributed by atoms with Crippen LogP contribution in [0.25, 0.3) is 0 Å². The lowest BCUT2D eigenvalue weighted by Gasteiger charge is -2.26. The molecule has 2 heterocycles. The summed E-state index contributed by atoms with van der Waals surface area (Å²) in [6, 6.07) is 2.67. The van der Waals surface area contributed by atoms with Crippen LogP contribution in [0.2, 0.25) is 0 Å². The highest BCUT2D eigenvalue weighted by molar-refractivity contribution is 5.74. The van der Waals surface area contributed by atoms with Crippen molar-refractivity contribution in [1.29, 1.82) is 0 Å². The molecule has 130 valence electrons. The summed E-state index contributed by atoms with van der Waals surface area (Å²) in [4.78, 5) is 16.8. The second kappa shape index (κ2) is 7.81. The van der Waals surface area contributed by atoms with Crippen LogP contribution < -0.4 is 5.32 Å². The molecule has 23 heavy (non-hydrogen) atoms. The highest BCUT2D eigenvalue weighted by Gasteiger charge is 2.29. The van der Waals surface area contributed by atoms with Gasteiger partial charge in [0.05, 0.1) is 12.2 Å². The van der Waals surface area contributed by atoms with Gasteiger partial charge in [0.1, 0.15) is 0 Å². The largest absolute Gasteiger partial charge is 0.334 e. The molecular formula is C17H31N5O. The monoisotopic (exact) mass is 321 g/mol. The zero-order chi connectivity index (χ0) is 17.0. The molecule has 6 nitrogen and oxygen atoms in total. The summed E-state index contributed by atoms with van der Waals surface area (Å²) < 4.78 is 1.96. The number of aromatic nitrogens is 2. The zero-order valence-corrected chi connectivity index (χ0v) is 15.2. The summed E-state index contributed by atoms with van der Waals surface area (Å²) >= 11 is 0. The van der Waals surface area contributed by atoms with Gasteiger partial charge in [0.25, 0.3) is 0 Å². The number of carbonyl (C=O) groups is 1. The first-order valence-corrected chi connectivity index (χ1v) is 8.75. The second-order valence-corrected chi connectivity index (χ2v) is 6.57. The quantitative estimate of drug-likeness (QED) is 0.872. The van der Waals surface area contributed by atoms with Crippen molar-refractivity contribution in [3.8, 4) is 0 Å². The normalized spacial score (nSPS) is 19.4. The molecule has 2 unspecified atom stereocenters. The van der Waals surface area contributed by atoms with Crippen LogP contribution in [-0.4, -0.2) is 63.9 Å². The maximum absolute atomic E-state index is 12.4. The number of nitrogens with zero attached hydrogens (tertiary/aromatic N) is 4. The van der Waals surface area contributed by atoms with E-state index in [4.69, 9.17) is 0 Å². The number of urea groups is 1. The summed E-state index contributed by atoms with van der Waals surface area (Å²) in [6.07, 6.45) is 1.07. The molecule has 1 fully saturated rings. The Balaban J connectivity index is 1.83. The topological polar surface area (TPSA) is 53.4 Å². The first-order valence-electron chi connectivity index (χ1n) is 8.75. The van der Waals surface area contributed by atoms with Gasteiger partial charge in [0.15, 0.2) is 0 Å². The number of likely N-dealkylation sites (N-methyl/N-ethyl adjacent to an activating group) is 1. The van der Waals surface area contributed by atoms with Gasteiger partial charge in [-0.3, -0.25) is 9.58 Å². The van der Waals surface area contributed by atoms with E-state index in [1.165, 1.54) is 0 Å². The Hall–Kier alpha value is -1.56. The Morgan fingerprint density at radius 1 is 1.43 bits per heavy atom. The van der Waals surface area contributed by atoms with Gasteiger partial charge in [-0.25, -0.2) is 4.79 Å². The molecule has 1 aromatic rings. The molecule has 0 radical (unpaired) electrons. The van der Waals surface area contributed by atoms with Gasteiger partial charge < -0.3 is 10.2 Å². The van der Waals surface area contributed by atoms with Gasteiger partial charge in [0, 0.05) is 30.9 Å². The molecule has 1 aromatic heterocycles. The smallest absolute Gasteiger partial charge is 0.317 e. The molecule has 0 aromatic carbocycles. The van der Waals surface area contributed by atoms with E-state index in [1.54, 1.807) is 0 Å². The number of aryl methyl sites for hydroxylation is 2. The molecule has 2 rings (SSSR count). The fourth-order valence-electron chi connectivity index (χ4n) is 3.43. The maximum Gasteiger partial charge on any atom is 0.317 e. The number of nitrogens with one attached hydrogen (secondary N) is 1. The SMILES string of the molecule is CCN(CC)C1CCN(C(=O)NC(C)Cn2nc(C)cc2C)C1. The third-order valence-corrected chi connectivity index (χ3v) is 4.70. The van der Waals surface area contributed by atoms with E-state index in [1.807, 2.05) is 30.4 Å². The van der Waals surface area contributed by atoms with Gasteiger partial charge in [-0.15, -0.1) is 0 Å². The molecule has 1 N–H and O–H groups in total. The van der Waals surface area contributed by atoms with Crippen LogP contribution in [0.15, 0.2) is 6.07 Å². The van der Waals surface area contributed by atoms with Crippen molar-refractivity contribution in [2.45, 2.75) is 59.7 Å². The Bertz CT molecular complexity index is 523. The molecule has 1 saturated heterocycles. The first kappa shape index (κ1) is 17.8. The summed E-state index contributed by atoms with van der Waals surface area (Å²) in [6.45, 7) is 14.9. The lowest BCUT2D eigenvalue weighted by Crippen LogP contribution is -2.46. The fourth-order valence-corrected chi connectivity index (χ4v) is 3.43. The van der Waals surface area contributed by atoms with E-state index in [2.05, 4.69) is 35.2 Å². The molecule has 0 bridgehead atoms. The molecule has 0 spiro atoms. The Morgan fingerprint density at radius 2 is 2.13 bits per heavy atom. The van der Waals surface area contributed by atoms with Crippen molar-refractivity contribution >= 4 is 6.03 Å². The molecule has 6 heteroatoms. The molecular weight excluding hydrogens is 290 g/mol. The predicted molar refractivity (Wildman–Crippen MR) is 92.6 cm³/mol. The minimum absolute atomic E-state index is 0.0497. The van der Waals surface area contributed by atoms with Crippen molar-refractivity contribution in [1.82, 2.24) is 24.9 Å². The van der Waals surface area contributed by atoms with Gasteiger partial charge in [-0.05, 0) is 46.3 Å². The number of carbonyl (C=O) groups excluding carboxylic acids is 1. The number of amides is 2. The third kappa shape index (κ3) is 4.47. The summed E-state index contributed by atoms with van der Waals surface area (Å²) in [5.41, 5.74) is 2.15. The molecule has 2 amide bonds. The summed E-state index contributed by atoms with van der Waals surface area (Å²) in [5, 5.41) is 7.57. The van der Waals surface area contributed by atoms with Crippen molar-refractivity contribution in [2.24, 2.45) is 0 Å². The van der Waals surface area contributed by atoms with Crippen molar-refractivity contribution in [2.75, 3.05) is 26.2 Å². The highest BCUT2D eigenvalue weighted by Crippen LogP contribution is 2.15. The van der Waals surface area contributed by atoms with Gasteiger partial charge in [0.2, 0.25) is 0 Å². The van der Waals surface area contributed by atoms with Crippen LogP contribution in [0.4, 0.5) is 4.79 Å². The molecule has 0 aliphatic carbocycles. The van der Waals surface area contributed by atoms with E-state index >= 15 is 0 Å². The number of hydrogen-bond donors (Lipinski definition) is 1. The predicted octanol–water partition coefficient (Wildman–Crippen LogP) is 2.01. The van der Waals surface area contributed by atoms with Gasteiger partial charge >= 0.3 is 6.03 Å². The minimum atomic E-state index is 0.0497. The second-order valence-electron chi connectivity index (χ2n) is 6.57. The van der Waals surface area contributed by atoms with E-state index in [0.29, 0.717) is 12.6 Å². The van der Waals surface area contributed by atoms with E-state index < -0.39 is 0 Å². The summed E-state index contributed by atoms with van der Waals surface area (Å²) in [5.74, 6) is 0. The lowest BCUT2D eigenvalue weighted by molar-refractivity contribution is 0.189. The van der Waals surface area contributed by atoms with Gasteiger partial charge in [-0.2, -0.15) is 5.10 Å². The molecule has 0 saturated carbocycles. The molecule has 1 aliphatic rings. The first-order chi connectivity index (χ1) is 10.9. The fraction of sp³-hybridized carbons (Fsp3) is 0.765.